The molecule has 0 aliphatic heterocycles. The molecule has 2 N–H and O–H groups in total. The van der Waals surface area contributed by atoms with Crippen LogP contribution >= 0.6 is 0 Å². The van der Waals surface area contributed by atoms with Crippen molar-refractivity contribution < 1.29 is 14.0 Å². The first-order valence-corrected chi connectivity index (χ1v) is 8.23. The molecule has 2 amide bonds. The van der Waals surface area contributed by atoms with Crippen LogP contribution in [0.2, 0.25) is 0 Å². The van der Waals surface area contributed by atoms with Gasteiger partial charge >= 0.3 is 0 Å². The van der Waals surface area contributed by atoms with Crippen LogP contribution in [0, 0.1) is 25.6 Å². The maximum atomic E-state index is 13.8. The predicted molar refractivity (Wildman–Crippen MR) is 97.0 cm³/mol. The third kappa shape index (κ3) is 4.66. The first-order valence-electron chi connectivity index (χ1n) is 8.23. The number of rotatable bonds is 5. The maximum Gasteiger partial charge on any atom is 0.254 e. The largest absolute Gasteiger partial charge is 0.340 e. The van der Waals surface area contributed by atoms with E-state index in [0.717, 1.165) is 11.1 Å². The van der Waals surface area contributed by atoms with Crippen LogP contribution in [0.1, 0.15) is 35.3 Å². The lowest BCUT2D eigenvalue weighted by Crippen LogP contribution is -2.47. The number of carbonyl (C=O) groups is 2. The Morgan fingerprint density at radius 1 is 1.04 bits per heavy atom. The van der Waals surface area contributed by atoms with Gasteiger partial charge in [0.15, 0.2) is 0 Å². The maximum absolute atomic E-state index is 13.8. The summed E-state index contributed by atoms with van der Waals surface area (Å²) in [6.07, 6.45) is 0. The summed E-state index contributed by atoms with van der Waals surface area (Å²) in [5.74, 6) is -1.70. The summed E-state index contributed by atoms with van der Waals surface area (Å²) in [6.45, 7) is 7.54. The minimum Gasteiger partial charge on any atom is -0.340 e. The van der Waals surface area contributed by atoms with Crippen molar-refractivity contribution in [3.63, 3.8) is 0 Å². The summed E-state index contributed by atoms with van der Waals surface area (Å²) in [6, 6.07) is 10.6. The van der Waals surface area contributed by atoms with E-state index in [1.54, 1.807) is 6.07 Å². The molecular weight excluding hydrogens is 319 g/mol. The first-order chi connectivity index (χ1) is 11.8. The molecule has 0 fully saturated rings. The van der Waals surface area contributed by atoms with Crippen molar-refractivity contribution in [2.24, 2.45) is 5.92 Å². The molecule has 0 radical (unpaired) electrons. The Bertz CT molecular complexity index is 787. The number of hydrogen-bond acceptors (Lipinski definition) is 2. The molecule has 132 valence electrons. The molecule has 4 nitrogen and oxygen atoms in total. The molecule has 1 unspecified atom stereocenters. The van der Waals surface area contributed by atoms with Gasteiger partial charge < -0.3 is 10.6 Å². The molecule has 2 aromatic rings. The van der Waals surface area contributed by atoms with E-state index >= 15 is 0 Å². The van der Waals surface area contributed by atoms with E-state index in [4.69, 9.17) is 0 Å². The van der Waals surface area contributed by atoms with Gasteiger partial charge in [-0.2, -0.15) is 0 Å². The summed E-state index contributed by atoms with van der Waals surface area (Å²) < 4.78 is 13.8. The van der Waals surface area contributed by atoms with Crippen LogP contribution in [0.3, 0.4) is 0 Å². The van der Waals surface area contributed by atoms with Gasteiger partial charge in [0.2, 0.25) is 5.91 Å². The molecule has 5 heteroatoms. The van der Waals surface area contributed by atoms with Gasteiger partial charge in [-0.1, -0.05) is 43.7 Å². The lowest BCUT2D eigenvalue weighted by molar-refractivity contribution is -0.118. The zero-order chi connectivity index (χ0) is 18.6. The smallest absolute Gasteiger partial charge is 0.254 e. The van der Waals surface area contributed by atoms with Gasteiger partial charge in [-0.05, 0) is 43.5 Å². The van der Waals surface area contributed by atoms with E-state index in [2.05, 4.69) is 10.6 Å². The highest BCUT2D eigenvalue weighted by molar-refractivity contribution is 6.01. The predicted octanol–water partition coefficient (Wildman–Crippen LogP) is 3.84. The highest BCUT2D eigenvalue weighted by Crippen LogP contribution is 2.17. The number of halogens is 1. The van der Waals surface area contributed by atoms with Crippen LogP contribution in [0.4, 0.5) is 10.1 Å². The Balaban J connectivity index is 2.16. The van der Waals surface area contributed by atoms with E-state index < -0.39 is 17.8 Å². The number of benzene rings is 2. The van der Waals surface area contributed by atoms with Crippen molar-refractivity contribution in [3.05, 3.63) is 65.0 Å². The molecule has 0 aromatic heterocycles. The lowest BCUT2D eigenvalue weighted by atomic mass is 10.0. The molecule has 0 saturated heterocycles. The second kappa shape index (κ2) is 7.92. The molecule has 1 atom stereocenters. The molecule has 0 heterocycles. The van der Waals surface area contributed by atoms with Crippen LogP contribution < -0.4 is 10.6 Å². The molecule has 0 aliphatic carbocycles. The van der Waals surface area contributed by atoms with Crippen molar-refractivity contribution in [3.8, 4) is 0 Å². The Kier molecular flexibility index (Phi) is 5.91. The number of anilines is 1. The number of hydrogen-bond donors (Lipinski definition) is 2. The minimum atomic E-state index is -0.771. The fourth-order valence-corrected chi connectivity index (χ4v) is 2.56. The van der Waals surface area contributed by atoms with Gasteiger partial charge in [-0.3, -0.25) is 9.59 Å². The molecule has 2 aromatic carbocycles. The zero-order valence-electron chi connectivity index (χ0n) is 14.9. The van der Waals surface area contributed by atoms with Gasteiger partial charge in [-0.15, -0.1) is 0 Å². The molecule has 0 saturated carbocycles. The summed E-state index contributed by atoms with van der Waals surface area (Å²) in [5, 5.41) is 5.48. The second-order valence-corrected chi connectivity index (χ2v) is 6.48. The highest BCUT2D eigenvalue weighted by Gasteiger charge is 2.26. The van der Waals surface area contributed by atoms with Gasteiger partial charge in [0, 0.05) is 5.69 Å². The van der Waals surface area contributed by atoms with Crippen molar-refractivity contribution >= 4 is 17.5 Å². The number of aryl methyl sites for hydroxylation is 2. The Labute approximate surface area is 147 Å². The number of carbonyl (C=O) groups excluding carboxylic acids is 2. The summed E-state index contributed by atoms with van der Waals surface area (Å²) in [7, 11) is 0. The van der Waals surface area contributed by atoms with Crippen molar-refractivity contribution in [1.29, 1.82) is 0 Å². The van der Waals surface area contributed by atoms with E-state index in [0.29, 0.717) is 5.69 Å². The third-order valence-corrected chi connectivity index (χ3v) is 3.99. The minimum absolute atomic E-state index is 0.0764. The van der Waals surface area contributed by atoms with Crippen LogP contribution in [-0.4, -0.2) is 17.9 Å². The monoisotopic (exact) mass is 342 g/mol. The number of amides is 2. The molecule has 0 aliphatic rings. The van der Waals surface area contributed by atoms with E-state index in [1.165, 1.54) is 18.2 Å². The molecule has 25 heavy (non-hydrogen) atoms. The molecule has 0 spiro atoms. The summed E-state index contributed by atoms with van der Waals surface area (Å²) in [4.78, 5) is 24.9. The van der Waals surface area contributed by atoms with E-state index in [-0.39, 0.29) is 17.4 Å². The van der Waals surface area contributed by atoms with E-state index in [9.17, 15) is 14.0 Å². The fraction of sp³-hybridized carbons (Fsp3) is 0.300. The lowest BCUT2D eigenvalue weighted by Gasteiger charge is -2.22. The Morgan fingerprint density at radius 2 is 1.72 bits per heavy atom. The van der Waals surface area contributed by atoms with Crippen LogP contribution in [0.5, 0.6) is 0 Å². The molecule has 0 bridgehead atoms. The van der Waals surface area contributed by atoms with Gasteiger partial charge in [0.25, 0.3) is 5.91 Å². The van der Waals surface area contributed by atoms with Crippen LogP contribution in [0.25, 0.3) is 0 Å². The fourth-order valence-electron chi connectivity index (χ4n) is 2.56. The average molecular weight is 342 g/mol. The average Bonchev–Trinajstić information content (AvgIpc) is 2.55. The van der Waals surface area contributed by atoms with Crippen molar-refractivity contribution in [1.82, 2.24) is 5.32 Å². The van der Waals surface area contributed by atoms with Gasteiger partial charge in [0.1, 0.15) is 11.9 Å². The topological polar surface area (TPSA) is 58.2 Å². The van der Waals surface area contributed by atoms with Crippen molar-refractivity contribution in [2.45, 2.75) is 33.7 Å². The summed E-state index contributed by atoms with van der Waals surface area (Å²) in [5.41, 5.74) is 2.66. The molecule has 2 rings (SSSR count). The van der Waals surface area contributed by atoms with Crippen LogP contribution in [0.15, 0.2) is 42.5 Å². The third-order valence-electron chi connectivity index (χ3n) is 3.99. The van der Waals surface area contributed by atoms with E-state index in [1.807, 2.05) is 45.9 Å². The summed E-state index contributed by atoms with van der Waals surface area (Å²) >= 11 is 0. The SMILES string of the molecule is Cc1ccc(NC(=O)C(NC(=O)c2ccccc2F)C(C)C)c(C)c1. The second-order valence-electron chi connectivity index (χ2n) is 6.48. The number of nitrogens with one attached hydrogen (secondary N) is 2. The van der Waals surface area contributed by atoms with Crippen LogP contribution in [-0.2, 0) is 4.79 Å². The normalized spacial score (nSPS) is 11.9. The van der Waals surface area contributed by atoms with Gasteiger partial charge in [0.05, 0.1) is 5.56 Å². The molecular formula is C20H23FN2O2. The first kappa shape index (κ1) is 18.6. The Hall–Kier alpha value is -2.69. The zero-order valence-corrected chi connectivity index (χ0v) is 14.9. The van der Waals surface area contributed by atoms with Crippen molar-refractivity contribution in [2.75, 3.05) is 5.32 Å². The standard InChI is InChI=1S/C20H23FN2O2/c1-12(2)18(23-19(24)15-7-5-6-8-16(15)21)20(25)22-17-10-9-13(3)11-14(17)4/h5-12,18H,1-4H3,(H,22,25)(H,23,24). The van der Waals surface area contributed by atoms with Gasteiger partial charge in [-0.25, -0.2) is 4.39 Å². The highest BCUT2D eigenvalue weighted by atomic mass is 19.1. The quantitative estimate of drug-likeness (QED) is 0.867. The Morgan fingerprint density at radius 3 is 2.32 bits per heavy atom.